The lowest BCUT2D eigenvalue weighted by atomic mass is 9.53. The second kappa shape index (κ2) is 8.15. The Hall–Kier alpha value is -2.34. The molecule has 2 aromatic rings. The Bertz CT molecular complexity index is 1140. The van der Waals surface area contributed by atoms with Crippen molar-refractivity contribution in [2.24, 2.45) is 17.8 Å². The maximum Gasteiger partial charge on any atom is 0.264 e. The van der Waals surface area contributed by atoms with Crippen molar-refractivity contribution in [3.05, 3.63) is 59.2 Å². The second-order valence-electron chi connectivity index (χ2n) is 10.8. The molecular formula is C27H34N2O3S. The van der Waals surface area contributed by atoms with E-state index in [1.807, 2.05) is 32.9 Å². The first-order valence-corrected chi connectivity index (χ1v) is 13.6. The highest BCUT2D eigenvalue weighted by atomic mass is 32.2. The van der Waals surface area contributed by atoms with Crippen LogP contribution in [-0.4, -0.2) is 26.4 Å². The molecule has 0 atom stereocenters. The first-order chi connectivity index (χ1) is 15.6. The zero-order valence-electron chi connectivity index (χ0n) is 19.8. The van der Waals surface area contributed by atoms with Crippen molar-refractivity contribution in [3.63, 3.8) is 0 Å². The molecule has 5 nitrogen and oxygen atoms in total. The Morgan fingerprint density at radius 3 is 2.03 bits per heavy atom. The van der Waals surface area contributed by atoms with Gasteiger partial charge in [-0.2, -0.15) is 0 Å². The number of amides is 1. The summed E-state index contributed by atoms with van der Waals surface area (Å²) in [5.74, 6) is 1.93. The lowest BCUT2D eigenvalue weighted by Crippen LogP contribution is -2.61. The average molecular weight is 467 g/mol. The Morgan fingerprint density at radius 1 is 0.909 bits per heavy atom. The average Bonchev–Trinajstić information content (AvgIpc) is 2.73. The summed E-state index contributed by atoms with van der Waals surface area (Å²) in [7, 11) is -3.89. The van der Waals surface area contributed by atoms with E-state index in [-0.39, 0.29) is 22.9 Å². The van der Waals surface area contributed by atoms with Gasteiger partial charge < -0.3 is 5.32 Å². The zero-order valence-corrected chi connectivity index (χ0v) is 20.6. The molecule has 0 aliphatic heterocycles. The van der Waals surface area contributed by atoms with E-state index in [1.165, 1.54) is 23.6 Å². The predicted octanol–water partition coefficient (Wildman–Crippen LogP) is 4.89. The van der Waals surface area contributed by atoms with Crippen LogP contribution in [0.4, 0.5) is 5.69 Å². The fourth-order valence-corrected chi connectivity index (χ4v) is 8.18. The van der Waals surface area contributed by atoms with Gasteiger partial charge in [0.1, 0.15) is 6.54 Å². The normalized spacial score (nSPS) is 28.0. The minimum atomic E-state index is -3.89. The molecule has 0 heterocycles. The number of nitrogens with one attached hydrogen (secondary N) is 1. The third-order valence-electron chi connectivity index (χ3n) is 8.12. The fourth-order valence-electron chi connectivity index (χ4n) is 6.76. The van der Waals surface area contributed by atoms with Crippen LogP contribution in [0.2, 0.25) is 0 Å². The minimum absolute atomic E-state index is 0.145. The molecule has 4 saturated carbocycles. The van der Waals surface area contributed by atoms with Crippen molar-refractivity contribution >= 4 is 21.6 Å². The molecular weight excluding hydrogens is 432 g/mol. The van der Waals surface area contributed by atoms with Crippen molar-refractivity contribution in [1.29, 1.82) is 0 Å². The molecule has 4 fully saturated rings. The van der Waals surface area contributed by atoms with Crippen molar-refractivity contribution in [2.75, 3.05) is 10.8 Å². The molecule has 4 aliphatic rings. The minimum Gasteiger partial charge on any atom is -0.349 e. The molecule has 4 aliphatic carbocycles. The van der Waals surface area contributed by atoms with Crippen LogP contribution in [0.25, 0.3) is 0 Å². The van der Waals surface area contributed by atoms with Crippen molar-refractivity contribution in [3.8, 4) is 0 Å². The Kier molecular flexibility index (Phi) is 5.55. The summed E-state index contributed by atoms with van der Waals surface area (Å²) in [6, 6.07) is 12.4. The second-order valence-corrected chi connectivity index (χ2v) is 12.7. The number of anilines is 1. The summed E-state index contributed by atoms with van der Waals surface area (Å²) in [4.78, 5) is 13.6. The topological polar surface area (TPSA) is 66.5 Å². The number of rotatable bonds is 6. The van der Waals surface area contributed by atoms with Gasteiger partial charge in [0, 0.05) is 5.54 Å². The third kappa shape index (κ3) is 4.30. The van der Waals surface area contributed by atoms with E-state index in [0.717, 1.165) is 36.0 Å². The molecule has 176 valence electrons. The molecule has 0 unspecified atom stereocenters. The van der Waals surface area contributed by atoms with Gasteiger partial charge in [-0.1, -0.05) is 23.8 Å². The number of benzene rings is 2. The summed E-state index contributed by atoms with van der Waals surface area (Å²) in [6.45, 7) is 5.68. The largest absolute Gasteiger partial charge is 0.349 e. The molecule has 33 heavy (non-hydrogen) atoms. The van der Waals surface area contributed by atoms with Crippen molar-refractivity contribution in [1.82, 2.24) is 5.32 Å². The van der Waals surface area contributed by atoms with Gasteiger partial charge in [-0.15, -0.1) is 0 Å². The number of carbonyl (C=O) groups excluding carboxylic acids is 1. The monoisotopic (exact) mass is 466 g/mol. The van der Waals surface area contributed by atoms with E-state index in [9.17, 15) is 13.2 Å². The highest BCUT2D eigenvalue weighted by Crippen LogP contribution is 2.55. The van der Waals surface area contributed by atoms with Gasteiger partial charge in [0.05, 0.1) is 10.6 Å². The first kappa shape index (κ1) is 22.5. The summed E-state index contributed by atoms with van der Waals surface area (Å²) >= 11 is 0. The van der Waals surface area contributed by atoms with Crippen molar-refractivity contribution < 1.29 is 13.2 Å². The van der Waals surface area contributed by atoms with Crippen LogP contribution < -0.4 is 9.62 Å². The summed E-state index contributed by atoms with van der Waals surface area (Å²) < 4.78 is 28.6. The van der Waals surface area contributed by atoms with Crippen LogP contribution in [0.1, 0.15) is 55.2 Å². The first-order valence-electron chi connectivity index (χ1n) is 12.1. The van der Waals surface area contributed by atoms with E-state index in [0.29, 0.717) is 23.4 Å². The quantitative estimate of drug-likeness (QED) is 0.659. The standard InChI is InChI=1S/C27H34N2O3S/c1-18-4-8-25(9-5-18)33(31,32)29(24-7-6-19(2)20(3)10-24)17-26(30)28-27-14-21-11-22(15-27)13-23(12-21)16-27/h4-10,21-23H,11-17H2,1-3H3,(H,28,30). The summed E-state index contributed by atoms with van der Waals surface area (Å²) in [6.07, 6.45) is 7.01. The van der Waals surface area contributed by atoms with E-state index >= 15 is 0 Å². The molecule has 1 amide bonds. The molecule has 0 aromatic heterocycles. The zero-order chi connectivity index (χ0) is 23.4. The molecule has 0 radical (unpaired) electrons. The van der Waals surface area contributed by atoms with Gasteiger partial charge in [0.25, 0.3) is 10.0 Å². The highest BCUT2D eigenvalue weighted by Gasteiger charge is 2.51. The van der Waals surface area contributed by atoms with E-state index in [4.69, 9.17) is 0 Å². The molecule has 1 N–H and O–H groups in total. The van der Waals surface area contributed by atoms with Gasteiger partial charge in [0.2, 0.25) is 5.91 Å². The number of carbonyl (C=O) groups is 1. The van der Waals surface area contributed by atoms with Crippen LogP contribution in [-0.2, 0) is 14.8 Å². The SMILES string of the molecule is Cc1ccc(S(=O)(=O)N(CC(=O)NC23CC4CC(CC(C4)C2)C3)c2ccc(C)c(C)c2)cc1. The lowest BCUT2D eigenvalue weighted by Gasteiger charge is -2.57. The lowest BCUT2D eigenvalue weighted by molar-refractivity contribution is -0.125. The molecule has 6 heteroatoms. The van der Waals surface area contributed by atoms with Crippen LogP contribution in [0, 0.1) is 38.5 Å². The molecule has 4 bridgehead atoms. The number of sulfonamides is 1. The third-order valence-corrected chi connectivity index (χ3v) is 9.91. The molecule has 0 saturated heterocycles. The Morgan fingerprint density at radius 2 is 1.48 bits per heavy atom. The van der Waals surface area contributed by atoms with Crippen LogP contribution in [0.15, 0.2) is 47.4 Å². The maximum absolute atomic E-state index is 13.7. The Labute approximate surface area is 197 Å². The summed E-state index contributed by atoms with van der Waals surface area (Å²) in [5, 5.41) is 3.34. The van der Waals surface area contributed by atoms with Gasteiger partial charge >= 0.3 is 0 Å². The van der Waals surface area contributed by atoms with Crippen LogP contribution >= 0.6 is 0 Å². The number of aryl methyl sites for hydroxylation is 3. The highest BCUT2D eigenvalue weighted by molar-refractivity contribution is 7.92. The maximum atomic E-state index is 13.7. The van der Waals surface area contributed by atoms with Gasteiger partial charge in [-0.05, 0) is 112 Å². The van der Waals surface area contributed by atoms with Crippen molar-refractivity contribution in [2.45, 2.75) is 69.7 Å². The van der Waals surface area contributed by atoms with Gasteiger partial charge in [-0.3, -0.25) is 9.10 Å². The van der Waals surface area contributed by atoms with Crippen LogP contribution in [0.3, 0.4) is 0 Å². The molecule has 0 spiro atoms. The number of hydrogen-bond donors (Lipinski definition) is 1. The van der Waals surface area contributed by atoms with Crippen LogP contribution in [0.5, 0.6) is 0 Å². The van der Waals surface area contributed by atoms with E-state index < -0.39 is 10.0 Å². The number of nitrogens with zero attached hydrogens (tertiary/aromatic N) is 1. The Balaban J connectivity index is 1.44. The summed E-state index contributed by atoms with van der Waals surface area (Å²) in [5.41, 5.74) is 3.46. The van der Waals surface area contributed by atoms with Gasteiger partial charge in [-0.25, -0.2) is 8.42 Å². The van der Waals surface area contributed by atoms with Gasteiger partial charge in [0.15, 0.2) is 0 Å². The molecule has 6 rings (SSSR count). The fraction of sp³-hybridized carbons (Fsp3) is 0.519. The number of hydrogen-bond acceptors (Lipinski definition) is 3. The van der Waals surface area contributed by atoms with E-state index in [1.54, 1.807) is 30.3 Å². The molecule has 2 aromatic carbocycles. The predicted molar refractivity (Wildman–Crippen MR) is 131 cm³/mol. The smallest absolute Gasteiger partial charge is 0.264 e. The van der Waals surface area contributed by atoms with E-state index in [2.05, 4.69) is 5.32 Å².